The summed E-state index contributed by atoms with van der Waals surface area (Å²) in [5, 5.41) is 0. The number of piperidine rings is 1. The van der Waals surface area contributed by atoms with E-state index in [1.807, 2.05) is 18.2 Å². The second-order valence-electron chi connectivity index (χ2n) is 8.50. The lowest BCUT2D eigenvalue weighted by atomic mass is 9.76. The lowest BCUT2D eigenvalue weighted by molar-refractivity contribution is -0.153. The molecule has 1 aromatic rings. The van der Waals surface area contributed by atoms with Crippen molar-refractivity contribution in [2.75, 3.05) is 51.3 Å². The first-order chi connectivity index (χ1) is 13.6. The first kappa shape index (κ1) is 21.9. The molecule has 1 spiro atoms. The molecular formula is C22H32ClN3O3. The van der Waals surface area contributed by atoms with Gasteiger partial charge < -0.3 is 9.64 Å². The first-order valence-electron chi connectivity index (χ1n) is 10.5. The Morgan fingerprint density at radius 3 is 2.17 bits per heavy atom. The molecule has 0 aromatic heterocycles. The molecule has 1 saturated carbocycles. The second kappa shape index (κ2) is 9.35. The molecule has 0 bridgehead atoms. The van der Waals surface area contributed by atoms with Crippen molar-refractivity contribution in [1.82, 2.24) is 9.80 Å². The molecule has 0 radical (unpaired) electrons. The molecule has 2 aliphatic heterocycles. The number of imide groups is 1. The highest BCUT2D eigenvalue weighted by molar-refractivity contribution is 5.98. The predicted molar refractivity (Wildman–Crippen MR) is 116 cm³/mol. The van der Waals surface area contributed by atoms with Crippen LogP contribution < -0.4 is 9.64 Å². The number of ether oxygens (including phenoxy) is 1. The Morgan fingerprint density at radius 2 is 1.55 bits per heavy atom. The number of rotatable bonds is 5. The Kier molecular flexibility index (Phi) is 7.06. The molecule has 1 aromatic carbocycles. The van der Waals surface area contributed by atoms with E-state index in [0.29, 0.717) is 19.4 Å². The van der Waals surface area contributed by atoms with E-state index >= 15 is 0 Å². The Balaban J connectivity index is 0.00000240. The number of amides is 2. The first-order valence-corrected chi connectivity index (χ1v) is 10.5. The number of piperazine rings is 1. The van der Waals surface area contributed by atoms with Crippen molar-refractivity contribution < 1.29 is 14.3 Å². The van der Waals surface area contributed by atoms with Gasteiger partial charge in [0.2, 0.25) is 11.8 Å². The average molecular weight is 422 g/mol. The van der Waals surface area contributed by atoms with Gasteiger partial charge in [0.05, 0.1) is 12.8 Å². The van der Waals surface area contributed by atoms with E-state index in [4.69, 9.17) is 4.74 Å². The van der Waals surface area contributed by atoms with Crippen molar-refractivity contribution >= 4 is 29.9 Å². The minimum atomic E-state index is -0.00890. The van der Waals surface area contributed by atoms with Crippen LogP contribution in [0.25, 0.3) is 0 Å². The molecule has 3 aliphatic rings. The van der Waals surface area contributed by atoms with Crippen LogP contribution >= 0.6 is 12.4 Å². The van der Waals surface area contributed by atoms with E-state index in [1.165, 1.54) is 4.90 Å². The van der Waals surface area contributed by atoms with Gasteiger partial charge in [-0.3, -0.25) is 19.4 Å². The summed E-state index contributed by atoms with van der Waals surface area (Å²) in [6.07, 6.45) is 5.56. The zero-order valence-corrected chi connectivity index (χ0v) is 18.1. The molecule has 3 fully saturated rings. The average Bonchev–Trinajstić information content (AvgIpc) is 3.15. The van der Waals surface area contributed by atoms with Crippen molar-refractivity contribution in [2.24, 2.45) is 5.41 Å². The molecule has 6 nitrogen and oxygen atoms in total. The largest absolute Gasteiger partial charge is 0.495 e. The van der Waals surface area contributed by atoms with Crippen LogP contribution in [0, 0.1) is 5.41 Å². The summed E-state index contributed by atoms with van der Waals surface area (Å²) < 4.78 is 5.48. The van der Waals surface area contributed by atoms with Crippen LogP contribution in [0.15, 0.2) is 24.3 Å². The standard InChI is InChI=1S/C22H31N3O3.ClH/c1-28-19-7-3-2-6-18(19)24-13-10-23(11-14-24)12-15-25-20(26)16-22(17-21(25)27)8-4-5-9-22;/h2-3,6-7H,4-5,8-17H2,1H3;1H. The molecule has 2 amide bonds. The van der Waals surface area contributed by atoms with E-state index in [1.54, 1.807) is 7.11 Å². The smallest absolute Gasteiger partial charge is 0.229 e. The van der Waals surface area contributed by atoms with Crippen molar-refractivity contribution in [3.05, 3.63) is 24.3 Å². The molecule has 7 heteroatoms. The van der Waals surface area contributed by atoms with Gasteiger partial charge >= 0.3 is 0 Å². The zero-order chi connectivity index (χ0) is 19.6. The number of para-hydroxylation sites is 2. The predicted octanol–water partition coefficient (Wildman–Crippen LogP) is 2.95. The van der Waals surface area contributed by atoms with Gasteiger partial charge in [0.15, 0.2) is 0 Å². The van der Waals surface area contributed by atoms with E-state index < -0.39 is 0 Å². The summed E-state index contributed by atoms with van der Waals surface area (Å²) in [7, 11) is 1.71. The van der Waals surface area contributed by atoms with Crippen LogP contribution in [0.1, 0.15) is 38.5 Å². The Hall–Kier alpha value is -1.79. The van der Waals surface area contributed by atoms with E-state index in [2.05, 4.69) is 15.9 Å². The van der Waals surface area contributed by atoms with Gasteiger partial charge in [-0.2, -0.15) is 0 Å². The molecule has 4 rings (SSSR count). The third kappa shape index (κ3) is 4.69. The van der Waals surface area contributed by atoms with Gasteiger partial charge in [0.1, 0.15) is 5.75 Å². The number of benzene rings is 1. The van der Waals surface area contributed by atoms with Gasteiger partial charge in [-0.05, 0) is 30.4 Å². The summed E-state index contributed by atoms with van der Waals surface area (Å²) >= 11 is 0. The van der Waals surface area contributed by atoms with Gasteiger partial charge in [-0.15, -0.1) is 12.4 Å². The Labute approximate surface area is 179 Å². The zero-order valence-electron chi connectivity index (χ0n) is 17.3. The van der Waals surface area contributed by atoms with E-state index in [-0.39, 0.29) is 29.6 Å². The number of halogens is 1. The molecule has 0 unspecified atom stereocenters. The Morgan fingerprint density at radius 1 is 0.931 bits per heavy atom. The maximum Gasteiger partial charge on any atom is 0.229 e. The normalized spacial score (nSPS) is 22.1. The minimum absolute atomic E-state index is 0. The van der Waals surface area contributed by atoms with Gasteiger partial charge in [-0.25, -0.2) is 0 Å². The van der Waals surface area contributed by atoms with E-state index in [0.717, 1.165) is 69.8 Å². The number of likely N-dealkylation sites (tertiary alicyclic amines) is 1. The highest BCUT2D eigenvalue weighted by Crippen LogP contribution is 2.46. The third-order valence-corrected chi connectivity index (χ3v) is 6.76. The number of nitrogens with zero attached hydrogens (tertiary/aromatic N) is 3. The minimum Gasteiger partial charge on any atom is -0.495 e. The fraction of sp³-hybridized carbons (Fsp3) is 0.636. The highest BCUT2D eigenvalue weighted by atomic mass is 35.5. The Bertz CT molecular complexity index is 708. The molecular weight excluding hydrogens is 390 g/mol. The summed E-state index contributed by atoms with van der Waals surface area (Å²) in [6.45, 7) is 5.00. The van der Waals surface area contributed by atoms with Crippen molar-refractivity contribution in [2.45, 2.75) is 38.5 Å². The van der Waals surface area contributed by atoms with Crippen LogP contribution in [-0.4, -0.2) is 68.0 Å². The number of hydrogen-bond donors (Lipinski definition) is 0. The SMILES string of the molecule is COc1ccccc1N1CCN(CCN2C(=O)CC3(CCCC3)CC2=O)CC1.Cl. The number of methoxy groups -OCH3 is 1. The van der Waals surface area contributed by atoms with Crippen molar-refractivity contribution in [3.8, 4) is 5.75 Å². The maximum absolute atomic E-state index is 12.6. The number of carbonyl (C=O) groups excluding carboxylic acids is 2. The van der Waals surface area contributed by atoms with E-state index in [9.17, 15) is 9.59 Å². The molecule has 160 valence electrons. The second-order valence-corrected chi connectivity index (χ2v) is 8.50. The maximum atomic E-state index is 12.6. The summed E-state index contributed by atoms with van der Waals surface area (Å²) in [5.41, 5.74) is 1.12. The molecule has 0 atom stereocenters. The van der Waals surface area contributed by atoms with Gasteiger partial charge in [0.25, 0.3) is 0 Å². The summed E-state index contributed by atoms with van der Waals surface area (Å²) in [5.74, 6) is 0.998. The fourth-order valence-electron chi connectivity index (χ4n) is 5.11. The van der Waals surface area contributed by atoms with Gasteiger partial charge in [0, 0.05) is 52.1 Å². The van der Waals surface area contributed by atoms with Crippen LogP contribution in [0.2, 0.25) is 0 Å². The number of anilines is 1. The molecule has 0 N–H and O–H groups in total. The summed E-state index contributed by atoms with van der Waals surface area (Å²) in [4.78, 5) is 31.4. The molecule has 1 aliphatic carbocycles. The number of hydrogen-bond acceptors (Lipinski definition) is 5. The van der Waals surface area contributed by atoms with Crippen LogP contribution in [0.3, 0.4) is 0 Å². The molecule has 2 heterocycles. The molecule has 29 heavy (non-hydrogen) atoms. The van der Waals surface area contributed by atoms with Crippen LogP contribution in [-0.2, 0) is 9.59 Å². The van der Waals surface area contributed by atoms with Crippen LogP contribution in [0.5, 0.6) is 5.75 Å². The molecule has 2 saturated heterocycles. The monoisotopic (exact) mass is 421 g/mol. The third-order valence-electron chi connectivity index (χ3n) is 6.76. The topological polar surface area (TPSA) is 53.1 Å². The fourth-order valence-corrected chi connectivity index (χ4v) is 5.11. The lowest BCUT2D eigenvalue weighted by Crippen LogP contribution is -2.52. The summed E-state index contributed by atoms with van der Waals surface area (Å²) in [6, 6.07) is 8.11. The quantitative estimate of drug-likeness (QED) is 0.684. The van der Waals surface area contributed by atoms with Gasteiger partial charge in [-0.1, -0.05) is 25.0 Å². The highest BCUT2D eigenvalue weighted by Gasteiger charge is 2.44. The van der Waals surface area contributed by atoms with Crippen LogP contribution in [0.4, 0.5) is 5.69 Å². The van der Waals surface area contributed by atoms with Crippen molar-refractivity contribution in [3.63, 3.8) is 0 Å². The lowest BCUT2D eigenvalue weighted by Gasteiger charge is -2.39. The number of carbonyl (C=O) groups is 2. The van der Waals surface area contributed by atoms with Crippen molar-refractivity contribution in [1.29, 1.82) is 0 Å².